The average Bonchev–Trinajstić information content (AvgIpc) is 3.23. The van der Waals surface area contributed by atoms with E-state index in [1.54, 1.807) is 13.8 Å². The highest BCUT2D eigenvalue weighted by atomic mass is 28.4. The third-order valence-electron chi connectivity index (χ3n) is 6.74. The normalized spacial score (nSPS) is 14.0. The van der Waals surface area contributed by atoms with E-state index >= 15 is 0 Å². The third kappa shape index (κ3) is 6.75. The minimum absolute atomic E-state index is 0.0832. The Morgan fingerprint density at radius 2 is 1.38 bits per heavy atom. The van der Waals surface area contributed by atoms with Crippen LogP contribution >= 0.6 is 0 Å². The van der Waals surface area contributed by atoms with Crippen molar-refractivity contribution < 1.29 is 23.5 Å². The fourth-order valence-electron chi connectivity index (χ4n) is 4.83. The van der Waals surface area contributed by atoms with Crippen molar-refractivity contribution in [2.75, 3.05) is 6.61 Å². The van der Waals surface area contributed by atoms with E-state index < -0.39 is 38.4 Å². The highest BCUT2D eigenvalue weighted by Gasteiger charge is 2.34. The molecule has 0 aliphatic heterocycles. The molecule has 0 heterocycles. The molecule has 1 aliphatic carbocycles. The van der Waals surface area contributed by atoms with Gasteiger partial charge in [-0.15, -0.1) is 0 Å². The maximum absolute atomic E-state index is 13.5. The van der Waals surface area contributed by atoms with Crippen molar-refractivity contribution in [2.24, 2.45) is 0 Å². The van der Waals surface area contributed by atoms with Crippen molar-refractivity contribution in [3.8, 4) is 11.1 Å². The topological polar surface area (TPSA) is 84.9 Å². The Bertz CT molecular complexity index is 1290. The van der Waals surface area contributed by atoms with Crippen LogP contribution in [-0.4, -0.2) is 49.9 Å². The van der Waals surface area contributed by atoms with Gasteiger partial charge in [0.2, 0.25) is 14.2 Å². The molecule has 1 N–H and O–H groups in total. The third-order valence-corrected chi connectivity index (χ3v) is 7.56. The van der Waals surface area contributed by atoms with Crippen LogP contribution in [0.2, 0.25) is 19.6 Å². The maximum Gasteiger partial charge on any atom is 0.407 e. The van der Waals surface area contributed by atoms with Crippen molar-refractivity contribution >= 4 is 26.3 Å². The SMILES string of the molecule is C[C@H](NC(=O)OCC1c2ccccc2-c2ccccc21)C(=O)N(Cc1ccccc1)[C@@H](C)C(=O)O[Si](C)(C)C. The van der Waals surface area contributed by atoms with Crippen LogP contribution in [0.1, 0.15) is 36.5 Å². The van der Waals surface area contributed by atoms with Crippen molar-refractivity contribution in [1.29, 1.82) is 0 Å². The Kier molecular flexibility index (Phi) is 8.55. The van der Waals surface area contributed by atoms with Crippen molar-refractivity contribution in [3.05, 3.63) is 95.6 Å². The van der Waals surface area contributed by atoms with E-state index in [1.165, 1.54) is 4.90 Å². The molecule has 3 aromatic rings. The zero-order valence-corrected chi connectivity index (χ0v) is 24.1. The number of hydrogen-bond donors (Lipinski definition) is 1. The fourth-order valence-corrected chi connectivity index (χ4v) is 5.60. The molecule has 2 atom stereocenters. The molecule has 0 spiro atoms. The van der Waals surface area contributed by atoms with Gasteiger partial charge in [0.25, 0.3) is 0 Å². The van der Waals surface area contributed by atoms with E-state index in [0.717, 1.165) is 27.8 Å². The quantitative estimate of drug-likeness (QED) is 0.349. The van der Waals surface area contributed by atoms with E-state index in [2.05, 4.69) is 29.6 Å². The molecule has 0 bridgehead atoms. The van der Waals surface area contributed by atoms with Gasteiger partial charge in [0.15, 0.2) is 0 Å². The summed E-state index contributed by atoms with van der Waals surface area (Å²) in [5.41, 5.74) is 5.37. The second kappa shape index (κ2) is 11.9. The van der Waals surface area contributed by atoms with Crippen molar-refractivity contribution in [3.63, 3.8) is 0 Å². The number of rotatable bonds is 9. The summed E-state index contributed by atoms with van der Waals surface area (Å²) in [6.07, 6.45) is -0.685. The van der Waals surface area contributed by atoms with Crippen LogP contribution in [0.4, 0.5) is 4.79 Å². The van der Waals surface area contributed by atoms with Gasteiger partial charge in [-0.05, 0) is 61.3 Å². The number of nitrogens with one attached hydrogen (secondary N) is 1. The Labute approximate surface area is 231 Å². The lowest BCUT2D eigenvalue weighted by Gasteiger charge is -2.32. The van der Waals surface area contributed by atoms with E-state index in [0.29, 0.717) is 0 Å². The van der Waals surface area contributed by atoms with E-state index in [4.69, 9.17) is 9.16 Å². The lowest BCUT2D eigenvalue weighted by atomic mass is 9.98. The number of fused-ring (bicyclic) bond motifs is 3. The highest BCUT2D eigenvalue weighted by Crippen LogP contribution is 2.44. The Morgan fingerprint density at radius 3 is 1.95 bits per heavy atom. The van der Waals surface area contributed by atoms with Crippen LogP contribution in [0.3, 0.4) is 0 Å². The second-order valence-electron chi connectivity index (χ2n) is 10.9. The first-order valence-electron chi connectivity index (χ1n) is 13.2. The van der Waals surface area contributed by atoms with Gasteiger partial charge in [0, 0.05) is 12.5 Å². The summed E-state index contributed by atoms with van der Waals surface area (Å²) in [7, 11) is -2.16. The summed E-state index contributed by atoms with van der Waals surface area (Å²) in [6, 6.07) is 23.9. The molecule has 0 saturated heterocycles. The molecule has 1 aliphatic rings. The van der Waals surface area contributed by atoms with E-state index in [9.17, 15) is 14.4 Å². The lowest BCUT2D eigenvalue weighted by Crippen LogP contribution is -2.53. The summed E-state index contributed by atoms with van der Waals surface area (Å²) in [4.78, 5) is 40.7. The summed E-state index contributed by atoms with van der Waals surface area (Å²) >= 11 is 0. The average molecular weight is 545 g/mol. The molecule has 0 aromatic heterocycles. The first kappa shape index (κ1) is 28.1. The molecule has 0 radical (unpaired) electrons. The van der Waals surface area contributed by atoms with Crippen LogP contribution in [0.5, 0.6) is 0 Å². The molecule has 204 valence electrons. The van der Waals surface area contributed by atoms with Crippen LogP contribution in [0.25, 0.3) is 11.1 Å². The summed E-state index contributed by atoms with van der Waals surface area (Å²) in [6.45, 7) is 9.36. The number of nitrogens with zero attached hydrogens (tertiary/aromatic N) is 1. The number of benzene rings is 3. The molecule has 3 aromatic carbocycles. The fraction of sp³-hybridized carbons (Fsp3) is 0.323. The number of carbonyl (C=O) groups excluding carboxylic acids is 3. The van der Waals surface area contributed by atoms with Gasteiger partial charge in [-0.1, -0.05) is 78.9 Å². The van der Waals surface area contributed by atoms with Gasteiger partial charge < -0.3 is 19.4 Å². The number of amides is 2. The lowest BCUT2D eigenvalue weighted by molar-refractivity contribution is -0.149. The minimum atomic E-state index is -2.16. The predicted octanol–water partition coefficient (Wildman–Crippen LogP) is 5.71. The van der Waals surface area contributed by atoms with Gasteiger partial charge in [0.05, 0.1) is 0 Å². The predicted molar refractivity (Wildman–Crippen MR) is 154 cm³/mol. The smallest absolute Gasteiger partial charge is 0.407 e. The Hall–Kier alpha value is -3.91. The molecule has 8 heteroatoms. The van der Waals surface area contributed by atoms with Gasteiger partial charge in [-0.2, -0.15) is 0 Å². The first-order valence-corrected chi connectivity index (χ1v) is 16.6. The second-order valence-corrected chi connectivity index (χ2v) is 15.3. The zero-order chi connectivity index (χ0) is 28.2. The molecule has 0 unspecified atom stereocenters. The number of hydrogen-bond acceptors (Lipinski definition) is 5. The van der Waals surface area contributed by atoms with E-state index in [1.807, 2.05) is 74.2 Å². The molecule has 0 saturated carbocycles. The molecular weight excluding hydrogens is 508 g/mol. The van der Waals surface area contributed by atoms with E-state index in [-0.39, 0.29) is 19.1 Å². The summed E-state index contributed by atoms with van der Waals surface area (Å²) < 4.78 is 11.3. The Balaban J connectivity index is 1.43. The van der Waals surface area contributed by atoms with Crippen molar-refractivity contribution in [1.82, 2.24) is 10.2 Å². The number of alkyl carbamates (subject to hydrolysis) is 1. The molecule has 7 nitrogen and oxygen atoms in total. The maximum atomic E-state index is 13.5. The van der Waals surface area contributed by atoms with Crippen LogP contribution in [0.15, 0.2) is 78.9 Å². The van der Waals surface area contributed by atoms with Crippen LogP contribution in [0, 0.1) is 0 Å². The minimum Gasteiger partial charge on any atom is -0.518 e. The Morgan fingerprint density at radius 1 is 0.846 bits per heavy atom. The molecule has 39 heavy (non-hydrogen) atoms. The van der Waals surface area contributed by atoms with Gasteiger partial charge in [-0.25, -0.2) is 4.79 Å². The van der Waals surface area contributed by atoms with Crippen LogP contribution in [-0.2, 0) is 25.3 Å². The first-order chi connectivity index (χ1) is 18.5. The number of ether oxygens (including phenoxy) is 1. The van der Waals surface area contributed by atoms with Crippen molar-refractivity contribution in [2.45, 2.75) is 58.0 Å². The van der Waals surface area contributed by atoms with Gasteiger partial charge >= 0.3 is 12.1 Å². The molecule has 4 rings (SSSR count). The molecule has 0 fully saturated rings. The van der Waals surface area contributed by atoms with Gasteiger partial charge in [-0.3, -0.25) is 9.59 Å². The summed E-state index contributed by atoms with van der Waals surface area (Å²) in [5, 5.41) is 2.66. The highest BCUT2D eigenvalue weighted by molar-refractivity contribution is 6.71. The zero-order valence-electron chi connectivity index (χ0n) is 23.1. The molecule has 2 amide bonds. The largest absolute Gasteiger partial charge is 0.518 e. The summed E-state index contributed by atoms with van der Waals surface area (Å²) in [5.74, 6) is -0.931. The monoisotopic (exact) mass is 544 g/mol. The van der Waals surface area contributed by atoms with Crippen LogP contribution < -0.4 is 5.32 Å². The standard InChI is InChI=1S/C31H36N2O5Si/c1-21(29(34)33(19-23-13-7-6-8-14-23)22(2)30(35)38-39(3,4)5)32-31(36)37-20-28-26-17-11-9-15-24(26)25-16-10-12-18-27(25)28/h6-18,21-22,28H,19-20H2,1-5H3,(H,32,36)/t21-,22-/m0/s1. The number of carbonyl (C=O) groups is 3. The molecular formula is C31H36N2O5Si. The van der Waals surface area contributed by atoms with Gasteiger partial charge in [0.1, 0.15) is 18.7 Å².